The summed E-state index contributed by atoms with van der Waals surface area (Å²) in [5.41, 5.74) is 1.69. The third-order valence-electron chi connectivity index (χ3n) is 3.65. The summed E-state index contributed by atoms with van der Waals surface area (Å²) >= 11 is 0. The molecule has 5 heteroatoms. The molecule has 0 amide bonds. The van der Waals surface area contributed by atoms with Gasteiger partial charge in [-0.2, -0.15) is 0 Å². The average molecular weight is 282 g/mol. The van der Waals surface area contributed by atoms with Gasteiger partial charge >= 0.3 is 0 Å². The van der Waals surface area contributed by atoms with E-state index < -0.39 is 0 Å². The summed E-state index contributed by atoms with van der Waals surface area (Å²) in [6, 6.07) is 7.76. The highest BCUT2D eigenvalue weighted by Crippen LogP contribution is 2.22. The molecule has 0 aliphatic carbocycles. The zero-order chi connectivity index (χ0) is 14.7. The van der Waals surface area contributed by atoms with E-state index in [1.807, 2.05) is 31.2 Å². The van der Waals surface area contributed by atoms with E-state index in [2.05, 4.69) is 19.9 Å². The second-order valence-electron chi connectivity index (χ2n) is 5.12. The lowest BCUT2D eigenvalue weighted by molar-refractivity contribution is -0.119. The SMILES string of the molecule is CCc1nc(-c2ccccn2)cc(N2CCC(=O)CC2)n1. The molecule has 0 unspecified atom stereocenters. The van der Waals surface area contributed by atoms with E-state index in [1.165, 1.54) is 0 Å². The van der Waals surface area contributed by atoms with Gasteiger partial charge in [-0.15, -0.1) is 0 Å². The molecule has 1 aliphatic rings. The smallest absolute Gasteiger partial charge is 0.136 e. The van der Waals surface area contributed by atoms with Crippen molar-refractivity contribution in [3.63, 3.8) is 0 Å². The van der Waals surface area contributed by atoms with Crippen LogP contribution in [0.3, 0.4) is 0 Å². The van der Waals surface area contributed by atoms with Crippen LogP contribution in [0.5, 0.6) is 0 Å². The summed E-state index contributed by atoms with van der Waals surface area (Å²) in [5.74, 6) is 2.04. The number of rotatable bonds is 3. The number of piperidine rings is 1. The fraction of sp³-hybridized carbons (Fsp3) is 0.375. The lowest BCUT2D eigenvalue weighted by Gasteiger charge is -2.27. The molecule has 0 N–H and O–H groups in total. The zero-order valence-corrected chi connectivity index (χ0v) is 12.1. The molecular weight excluding hydrogens is 264 g/mol. The van der Waals surface area contributed by atoms with Crippen molar-refractivity contribution in [2.24, 2.45) is 0 Å². The van der Waals surface area contributed by atoms with E-state index in [9.17, 15) is 4.79 Å². The fourth-order valence-electron chi connectivity index (χ4n) is 2.43. The van der Waals surface area contributed by atoms with Gasteiger partial charge in [0.25, 0.3) is 0 Å². The summed E-state index contributed by atoms with van der Waals surface area (Å²) in [6.07, 6.45) is 3.75. The highest BCUT2D eigenvalue weighted by atomic mass is 16.1. The number of aryl methyl sites for hydroxylation is 1. The van der Waals surface area contributed by atoms with Crippen molar-refractivity contribution in [2.45, 2.75) is 26.2 Å². The summed E-state index contributed by atoms with van der Waals surface area (Å²) in [7, 11) is 0. The number of nitrogens with zero attached hydrogens (tertiary/aromatic N) is 4. The van der Waals surface area contributed by atoms with E-state index in [0.717, 1.165) is 42.5 Å². The van der Waals surface area contributed by atoms with Crippen LogP contribution in [-0.2, 0) is 11.2 Å². The third-order valence-corrected chi connectivity index (χ3v) is 3.65. The summed E-state index contributed by atoms with van der Waals surface area (Å²) in [5, 5.41) is 0. The number of carbonyl (C=O) groups excluding carboxylic acids is 1. The van der Waals surface area contributed by atoms with Crippen LogP contribution in [0.2, 0.25) is 0 Å². The molecule has 0 saturated carbocycles. The molecule has 5 nitrogen and oxygen atoms in total. The molecule has 0 bridgehead atoms. The summed E-state index contributed by atoms with van der Waals surface area (Å²) in [4.78, 5) is 27.1. The maximum atomic E-state index is 11.4. The van der Waals surface area contributed by atoms with Crippen LogP contribution in [0.1, 0.15) is 25.6 Å². The quantitative estimate of drug-likeness (QED) is 0.864. The number of pyridine rings is 1. The molecular formula is C16H18N4O. The predicted octanol–water partition coefficient (Wildman–Crippen LogP) is 2.27. The maximum Gasteiger partial charge on any atom is 0.136 e. The van der Waals surface area contributed by atoms with Crippen molar-refractivity contribution in [1.29, 1.82) is 0 Å². The number of Topliss-reactive ketones (excluding diaryl/α,β-unsaturated/α-hetero) is 1. The first-order valence-electron chi connectivity index (χ1n) is 7.32. The standard InChI is InChI=1S/C16H18N4O/c1-2-15-18-14(13-5-3-4-8-17-13)11-16(19-15)20-9-6-12(21)7-10-20/h3-5,8,11H,2,6-7,9-10H2,1H3. The van der Waals surface area contributed by atoms with Gasteiger partial charge in [-0.3, -0.25) is 9.78 Å². The van der Waals surface area contributed by atoms with Gasteiger partial charge in [0.1, 0.15) is 17.4 Å². The normalized spacial score (nSPS) is 15.3. The van der Waals surface area contributed by atoms with Gasteiger partial charge in [-0.05, 0) is 12.1 Å². The van der Waals surface area contributed by atoms with Gasteiger partial charge in [-0.25, -0.2) is 9.97 Å². The van der Waals surface area contributed by atoms with Crippen molar-refractivity contribution >= 4 is 11.6 Å². The average Bonchev–Trinajstić information content (AvgIpc) is 2.56. The first kappa shape index (κ1) is 13.7. The lowest BCUT2D eigenvalue weighted by atomic mass is 10.1. The Bertz CT molecular complexity index is 632. The third kappa shape index (κ3) is 3.07. The minimum atomic E-state index is 0.334. The summed E-state index contributed by atoms with van der Waals surface area (Å²) < 4.78 is 0. The fourth-order valence-corrected chi connectivity index (χ4v) is 2.43. The molecule has 108 valence electrons. The van der Waals surface area contributed by atoms with Gasteiger partial charge in [-0.1, -0.05) is 13.0 Å². The maximum absolute atomic E-state index is 11.4. The molecule has 0 atom stereocenters. The number of anilines is 1. The number of hydrogen-bond donors (Lipinski definition) is 0. The van der Waals surface area contributed by atoms with Gasteiger partial charge in [0.15, 0.2) is 0 Å². The Hall–Kier alpha value is -2.30. The number of carbonyl (C=O) groups is 1. The summed E-state index contributed by atoms with van der Waals surface area (Å²) in [6.45, 7) is 3.52. The van der Waals surface area contributed by atoms with Gasteiger partial charge in [0.2, 0.25) is 0 Å². The van der Waals surface area contributed by atoms with E-state index in [-0.39, 0.29) is 0 Å². The van der Waals surface area contributed by atoms with E-state index in [4.69, 9.17) is 0 Å². The van der Waals surface area contributed by atoms with E-state index in [0.29, 0.717) is 18.6 Å². The molecule has 0 radical (unpaired) electrons. The largest absolute Gasteiger partial charge is 0.356 e. The minimum absolute atomic E-state index is 0.334. The van der Waals surface area contributed by atoms with Crippen molar-refractivity contribution in [1.82, 2.24) is 15.0 Å². The second kappa shape index (κ2) is 5.99. The predicted molar refractivity (Wildman–Crippen MR) is 81.1 cm³/mol. The monoisotopic (exact) mass is 282 g/mol. The molecule has 2 aromatic rings. The van der Waals surface area contributed by atoms with Gasteiger partial charge in [0, 0.05) is 44.6 Å². The molecule has 3 rings (SSSR count). The number of ketones is 1. The van der Waals surface area contributed by atoms with Crippen LogP contribution in [-0.4, -0.2) is 33.8 Å². The lowest BCUT2D eigenvalue weighted by Crippen LogP contribution is -2.34. The molecule has 1 fully saturated rings. The van der Waals surface area contributed by atoms with E-state index in [1.54, 1.807) is 6.20 Å². The first-order valence-corrected chi connectivity index (χ1v) is 7.32. The van der Waals surface area contributed by atoms with Crippen LogP contribution in [0.4, 0.5) is 5.82 Å². The Kier molecular flexibility index (Phi) is 3.90. The molecule has 0 spiro atoms. The minimum Gasteiger partial charge on any atom is -0.356 e. The van der Waals surface area contributed by atoms with E-state index >= 15 is 0 Å². The van der Waals surface area contributed by atoms with Crippen molar-refractivity contribution in [3.05, 3.63) is 36.3 Å². The molecule has 3 heterocycles. The van der Waals surface area contributed by atoms with Crippen LogP contribution < -0.4 is 4.90 Å². The molecule has 0 aromatic carbocycles. The highest BCUT2D eigenvalue weighted by Gasteiger charge is 2.19. The number of aromatic nitrogens is 3. The van der Waals surface area contributed by atoms with Crippen molar-refractivity contribution in [2.75, 3.05) is 18.0 Å². The van der Waals surface area contributed by atoms with Crippen LogP contribution in [0, 0.1) is 0 Å². The number of hydrogen-bond acceptors (Lipinski definition) is 5. The second-order valence-corrected chi connectivity index (χ2v) is 5.12. The van der Waals surface area contributed by atoms with Gasteiger partial charge in [0.05, 0.1) is 11.4 Å². The molecule has 21 heavy (non-hydrogen) atoms. The Labute approximate surface area is 124 Å². The zero-order valence-electron chi connectivity index (χ0n) is 12.1. The Balaban J connectivity index is 1.95. The first-order chi connectivity index (χ1) is 10.3. The van der Waals surface area contributed by atoms with Gasteiger partial charge < -0.3 is 4.90 Å². The Morgan fingerprint density at radius 1 is 1.14 bits per heavy atom. The molecule has 2 aromatic heterocycles. The van der Waals surface area contributed by atoms with Crippen molar-refractivity contribution in [3.8, 4) is 11.4 Å². The Morgan fingerprint density at radius 2 is 1.95 bits per heavy atom. The van der Waals surface area contributed by atoms with Crippen LogP contribution in [0.15, 0.2) is 30.5 Å². The topological polar surface area (TPSA) is 59.0 Å². The Morgan fingerprint density at radius 3 is 2.62 bits per heavy atom. The molecule has 1 saturated heterocycles. The highest BCUT2D eigenvalue weighted by molar-refractivity contribution is 5.81. The molecule has 1 aliphatic heterocycles. The van der Waals surface area contributed by atoms with Crippen molar-refractivity contribution < 1.29 is 4.79 Å². The van der Waals surface area contributed by atoms with Crippen LogP contribution >= 0.6 is 0 Å². The van der Waals surface area contributed by atoms with Crippen LogP contribution in [0.25, 0.3) is 11.4 Å².